The Labute approximate surface area is 115 Å². The van der Waals surface area contributed by atoms with Gasteiger partial charge in [-0.15, -0.1) is 0 Å². The number of alkyl halides is 3. The first-order valence-corrected chi connectivity index (χ1v) is 6.94. The molecule has 0 saturated heterocycles. The molecule has 0 atom stereocenters. The van der Waals surface area contributed by atoms with Crippen LogP contribution in [0, 0.1) is 5.82 Å². The van der Waals surface area contributed by atoms with E-state index in [1.165, 1.54) is 6.07 Å². The van der Waals surface area contributed by atoms with E-state index in [4.69, 9.17) is 0 Å². The summed E-state index contributed by atoms with van der Waals surface area (Å²) in [7, 11) is 0. The lowest BCUT2D eigenvalue weighted by atomic mass is 10.2. The fraction of sp³-hybridized carbons (Fsp3) is 0.455. The molecule has 0 N–H and O–H groups in total. The zero-order chi connectivity index (χ0) is 12.8. The molecule has 0 aliphatic heterocycles. The molecule has 6 heteroatoms. The average molecular weight is 375 g/mol. The maximum Gasteiger partial charge on any atom is 0.251 e. The van der Waals surface area contributed by atoms with Gasteiger partial charge in [-0.3, -0.25) is 4.90 Å². The third-order valence-electron chi connectivity index (χ3n) is 2.19. The summed E-state index contributed by atoms with van der Waals surface area (Å²) in [6.45, 7) is 0.634. The fourth-order valence-corrected chi connectivity index (χ4v) is 2.37. The summed E-state index contributed by atoms with van der Waals surface area (Å²) in [6, 6.07) is 4.54. The molecule has 0 radical (unpaired) electrons. The fourth-order valence-electron chi connectivity index (χ4n) is 1.45. The van der Waals surface area contributed by atoms with Crippen molar-refractivity contribution in [1.82, 2.24) is 4.90 Å². The minimum absolute atomic E-state index is 0.277. The minimum atomic E-state index is -2.36. The second-order valence-corrected chi connectivity index (χ2v) is 5.21. The van der Waals surface area contributed by atoms with Crippen LogP contribution in [0.3, 0.4) is 0 Å². The second-order valence-electron chi connectivity index (χ2n) is 3.56. The van der Waals surface area contributed by atoms with Crippen LogP contribution >= 0.6 is 31.9 Å². The first-order chi connectivity index (χ1) is 8.02. The number of halogens is 5. The number of benzene rings is 1. The monoisotopic (exact) mass is 373 g/mol. The Morgan fingerprint density at radius 2 is 2.00 bits per heavy atom. The van der Waals surface area contributed by atoms with E-state index in [1.54, 1.807) is 17.0 Å². The van der Waals surface area contributed by atoms with Gasteiger partial charge in [0.2, 0.25) is 0 Å². The maximum absolute atomic E-state index is 13.0. The summed E-state index contributed by atoms with van der Waals surface area (Å²) < 4.78 is 38.0. The Balaban J connectivity index is 2.67. The highest BCUT2D eigenvalue weighted by molar-refractivity contribution is 9.10. The van der Waals surface area contributed by atoms with Crippen LogP contribution in [0.4, 0.5) is 13.2 Å². The summed E-state index contributed by atoms with van der Waals surface area (Å²) in [5.74, 6) is -0.352. The molecule has 1 rings (SSSR count). The van der Waals surface area contributed by atoms with Crippen molar-refractivity contribution in [2.75, 3.05) is 18.4 Å². The van der Waals surface area contributed by atoms with E-state index in [2.05, 4.69) is 31.9 Å². The van der Waals surface area contributed by atoms with Gasteiger partial charge in [0.15, 0.2) is 0 Å². The van der Waals surface area contributed by atoms with Crippen LogP contribution in [0.25, 0.3) is 0 Å². The van der Waals surface area contributed by atoms with E-state index in [0.717, 1.165) is 5.56 Å². The van der Waals surface area contributed by atoms with Crippen LogP contribution in [0.15, 0.2) is 22.7 Å². The Kier molecular flexibility index (Phi) is 6.51. The first kappa shape index (κ1) is 15.0. The lowest BCUT2D eigenvalue weighted by molar-refractivity contribution is 0.0881. The summed E-state index contributed by atoms with van der Waals surface area (Å²) in [6.07, 6.45) is -2.36. The summed E-state index contributed by atoms with van der Waals surface area (Å²) >= 11 is 6.30. The van der Waals surface area contributed by atoms with Gasteiger partial charge < -0.3 is 0 Å². The predicted octanol–water partition coefficient (Wildman–Crippen LogP) is 4.05. The van der Waals surface area contributed by atoms with E-state index in [-0.39, 0.29) is 12.4 Å². The molecule has 0 amide bonds. The molecule has 0 bridgehead atoms. The van der Waals surface area contributed by atoms with Gasteiger partial charge in [-0.25, -0.2) is 13.2 Å². The van der Waals surface area contributed by atoms with Crippen molar-refractivity contribution in [2.45, 2.75) is 13.0 Å². The zero-order valence-corrected chi connectivity index (χ0v) is 12.1. The largest absolute Gasteiger partial charge is 0.293 e. The smallest absolute Gasteiger partial charge is 0.251 e. The van der Waals surface area contributed by atoms with Gasteiger partial charge in [0.05, 0.1) is 11.0 Å². The minimum Gasteiger partial charge on any atom is -0.293 e. The van der Waals surface area contributed by atoms with Crippen molar-refractivity contribution < 1.29 is 13.2 Å². The maximum atomic E-state index is 13.0. The summed E-state index contributed by atoms with van der Waals surface area (Å²) in [5.41, 5.74) is 0.805. The topological polar surface area (TPSA) is 3.24 Å². The Hall–Kier alpha value is -0.0700. The van der Waals surface area contributed by atoms with Crippen LogP contribution in [-0.2, 0) is 6.54 Å². The molecule has 0 aliphatic rings. The number of nitrogens with zero attached hydrogens (tertiary/aromatic N) is 1. The molecule has 0 fully saturated rings. The lowest BCUT2D eigenvalue weighted by Gasteiger charge is -2.20. The van der Waals surface area contributed by atoms with Crippen molar-refractivity contribution in [3.63, 3.8) is 0 Å². The molecule has 1 aromatic rings. The molecular weight excluding hydrogens is 363 g/mol. The van der Waals surface area contributed by atoms with E-state index in [1.807, 2.05) is 0 Å². The normalized spacial score (nSPS) is 11.5. The van der Waals surface area contributed by atoms with E-state index < -0.39 is 6.43 Å². The molecule has 0 spiro atoms. The Morgan fingerprint density at radius 3 is 2.53 bits per heavy atom. The van der Waals surface area contributed by atoms with Crippen LogP contribution in [0.1, 0.15) is 5.56 Å². The van der Waals surface area contributed by atoms with Gasteiger partial charge in [-0.1, -0.05) is 22.0 Å². The quantitative estimate of drug-likeness (QED) is 0.679. The summed E-state index contributed by atoms with van der Waals surface area (Å²) in [4.78, 5) is 1.62. The van der Waals surface area contributed by atoms with Gasteiger partial charge in [0.1, 0.15) is 5.82 Å². The molecule has 0 aromatic heterocycles. The predicted molar refractivity (Wildman–Crippen MR) is 69.2 cm³/mol. The number of rotatable bonds is 6. The van der Waals surface area contributed by atoms with Gasteiger partial charge in [0.25, 0.3) is 6.43 Å². The SMILES string of the molecule is Fc1ccc(CN(CCBr)CC(F)F)cc1Br. The number of hydrogen-bond donors (Lipinski definition) is 0. The Bertz CT molecular complexity index is 361. The van der Waals surface area contributed by atoms with E-state index in [9.17, 15) is 13.2 Å². The van der Waals surface area contributed by atoms with Crippen LogP contribution in [0.5, 0.6) is 0 Å². The van der Waals surface area contributed by atoms with Crippen molar-refractivity contribution in [3.8, 4) is 0 Å². The molecule has 1 nitrogen and oxygen atoms in total. The highest BCUT2D eigenvalue weighted by atomic mass is 79.9. The molecule has 0 saturated carbocycles. The van der Waals surface area contributed by atoms with Crippen molar-refractivity contribution in [1.29, 1.82) is 0 Å². The molecule has 0 heterocycles. The Morgan fingerprint density at radius 1 is 1.29 bits per heavy atom. The van der Waals surface area contributed by atoms with Crippen molar-refractivity contribution in [2.24, 2.45) is 0 Å². The van der Waals surface area contributed by atoms with Crippen molar-refractivity contribution in [3.05, 3.63) is 34.1 Å². The van der Waals surface area contributed by atoms with Gasteiger partial charge in [-0.2, -0.15) is 0 Å². The second kappa shape index (κ2) is 7.38. The molecular formula is C11H12Br2F3N. The summed E-state index contributed by atoms with van der Waals surface area (Å²) in [5, 5.41) is 0.627. The first-order valence-electron chi connectivity index (χ1n) is 5.03. The third-order valence-corrected chi connectivity index (χ3v) is 3.15. The lowest BCUT2D eigenvalue weighted by Crippen LogP contribution is -2.30. The van der Waals surface area contributed by atoms with Gasteiger partial charge in [0, 0.05) is 18.4 Å². The molecule has 1 aromatic carbocycles. The standard InChI is InChI=1S/C11H12Br2F3N/c12-3-4-17(7-11(15)16)6-8-1-2-10(14)9(13)5-8/h1-2,5,11H,3-4,6-7H2. The van der Waals surface area contributed by atoms with Crippen molar-refractivity contribution >= 4 is 31.9 Å². The average Bonchev–Trinajstić information content (AvgIpc) is 2.23. The van der Waals surface area contributed by atoms with Crippen LogP contribution in [0.2, 0.25) is 0 Å². The van der Waals surface area contributed by atoms with E-state index in [0.29, 0.717) is 22.9 Å². The molecule has 0 unspecified atom stereocenters. The van der Waals surface area contributed by atoms with Crippen LogP contribution in [-0.4, -0.2) is 29.7 Å². The molecule has 96 valence electrons. The van der Waals surface area contributed by atoms with Crippen LogP contribution < -0.4 is 0 Å². The van der Waals surface area contributed by atoms with Gasteiger partial charge in [-0.05, 0) is 33.6 Å². The van der Waals surface area contributed by atoms with Gasteiger partial charge >= 0.3 is 0 Å². The zero-order valence-electron chi connectivity index (χ0n) is 8.97. The van der Waals surface area contributed by atoms with E-state index >= 15 is 0 Å². The number of hydrogen-bond acceptors (Lipinski definition) is 1. The molecule has 0 aliphatic carbocycles. The highest BCUT2D eigenvalue weighted by Crippen LogP contribution is 2.18. The highest BCUT2D eigenvalue weighted by Gasteiger charge is 2.12. The molecule has 17 heavy (non-hydrogen) atoms. The third kappa shape index (κ3) is 5.40.